The number of hydrogen-bond donors (Lipinski definition) is 1. The van der Waals surface area contributed by atoms with Crippen LogP contribution in [0.3, 0.4) is 0 Å². The number of thioether (sulfide) groups is 1. The third-order valence-corrected chi connectivity index (χ3v) is 7.04. The average molecular weight is 494 g/mol. The molecule has 2 unspecified atom stereocenters. The number of benzene rings is 2. The number of aliphatic carboxylic acids is 1. The highest BCUT2D eigenvalue weighted by Gasteiger charge is 2.21. The monoisotopic (exact) mass is 493 g/mol. The highest BCUT2D eigenvalue weighted by molar-refractivity contribution is 7.99. The van der Waals surface area contributed by atoms with Crippen LogP contribution < -0.4 is 9.47 Å². The van der Waals surface area contributed by atoms with Crippen LogP contribution in [0.15, 0.2) is 40.4 Å². The van der Waals surface area contributed by atoms with Crippen molar-refractivity contribution in [3.63, 3.8) is 0 Å². The van der Waals surface area contributed by atoms with Crippen LogP contribution >= 0.6 is 23.4 Å². The zero-order chi connectivity index (χ0) is 24.4. The second-order valence-corrected chi connectivity index (χ2v) is 9.29. The number of nitroso groups, excluding NO2 is 1. The van der Waals surface area contributed by atoms with Gasteiger partial charge in [-0.2, -0.15) is 4.91 Å². The van der Waals surface area contributed by atoms with Crippen molar-refractivity contribution in [3.05, 3.63) is 57.0 Å². The van der Waals surface area contributed by atoms with Gasteiger partial charge in [-0.25, -0.2) is 0 Å². The number of methoxy groups -OCH3 is 1. The standard InChI is InChI=1S/C25H32ClNO5S/c1-5-8-19-22(11-10-18(24(19)31-4)21(6-2)27-30)32-13-7-14-33-23-12-9-17(15-20(23)26)16(3)25(28)29/h9-12,15-16,21H,5-8,13-14H2,1-4H3,(H,28,29). The van der Waals surface area contributed by atoms with E-state index in [-0.39, 0.29) is 0 Å². The highest BCUT2D eigenvalue weighted by Crippen LogP contribution is 2.39. The summed E-state index contributed by atoms with van der Waals surface area (Å²) in [5.41, 5.74) is 2.46. The molecule has 0 heterocycles. The molecular formula is C25H32ClNO5S. The fourth-order valence-corrected chi connectivity index (χ4v) is 4.77. The number of carbonyl (C=O) groups is 1. The van der Waals surface area contributed by atoms with Gasteiger partial charge in [-0.15, -0.1) is 11.8 Å². The quantitative estimate of drug-likeness (QED) is 0.169. The third kappa shape index (κ3) is 7.11. The van der Waals surface area contributed by atoms with Crippen molar-refractivity contribution >= 4 is 29.3 Å². The second-order valence-electron chi connectivity index (χ2n) is 7.74. The molecule has 0 fully saturated rings. The lowest BCUT2D eigenvalue weighted by atomic mass is 9.97. The van der Waals surface area contributed by atoms with Crippen LogP contribution in [0.25, 0.3) is 0 Å². The first-order valence-corrected chi connectivity index (χ1v) is 12.5. The van der Waals surface area contributed by atoms with Crippen LogP contribution in [0.4, 0.5) is 0 Å². The van der Waals surface area contributed by atoms with Crippen molar-refractivity contribution in [2.75, 3.05) is 19.5 Å². The number of hydrogen-bond acceptors (Lipinski definition) is 6. The van der Waals surface area contributed by atoms with E-state index in [0.29, 0.717) is 29.4 Å². The molecule has 8 heteroatoms. The number of ether oxygens (including phenoxy) is 2. The predicted octanol–water partition coefficient (Wildman–Crippen LogP) is 7.27. The molecule has 2 aromatic carbocycles. The molecule has 180 valence electrons. The largest absolute Gasteiger partial charge is 0.496 e. The lowest BCUT2D eigenvalue weighted by Crippen LogP contribution is -2.07. The van der Waals surface area contributed by atoms with Gasteiger partial charge < -0.3 is 14.6 Å². The summed E-state index contributed by atoms with van der Waals surface area (Å²) in [7, 11) is 1.61. The SMILES string of the molecule is CCCc1c(OCCCSc2ccc(C(C)C(=O)O)cc2Cl)ccc(C(CC)N=O)c1OC. The van der Waals surface area contributed by atoms with Gasteiger partial charge in [-0.3, -0.25) is 4.79 Å². The molecule has 33 heavy (non-hydrogen) atoms. The van der Waals surface area contributed by atoms with Crippen molar-refractivity contribution in [3.8, 4) is 11.5 Å². The Morgan fingerprint density at radius 3 is 2.58 bits per heavy atom. The van der Waals surface area contributed by atoms with Gasteiger partial charge in [0.1, 0.15) is 17.5 Å². The zero-order valence-corrected chi connectivity index (χ0v) is 21.2. The molecule has 0 aliphatic carbocycles. The number of carboxylic acid groups (broad SMARTS) is 1. The van der Waals surface area contributed by atoms with Crippen molar-refractivity contribution in [1.82, 2.24) is 0 Å². The lowest BCUT2D eigenvalue weighted by Gasteiger charge is -2.19. The minimum Gasteiger partial charge on any atom is -0.496 e. The van der Waals surface area contributed by atoms with Gasteiger partial charge in [0.25, 0.3) is 0 Å². The number of rotatable bonds is 14. The van der Waals surface area contributed by atoms with E-state index < -0.39 is 17.9 Å². The van der Waals surface area contributed by atoms with Gasteiger partial charge in [0.15, 0.2) is 0 Å². The number of carboxylic acids is 1. The van der Waals surface area contributed by atoms with Gasteiger partial charge in [0.05, 0.1) is 24.7 Å². The Bertz CT molecular complexity index is 953. The summed E-state index contributed by atoms with van der Waals surface area (Å²) < 4.78 is 11.7. The van der Waals surface area contributed by atoms with Gasteiger partial charge in [0.2, 0.25) is 0 Å². The smallest absolute Gasteiger partial charge is 0.310 e. The van der Waals surface area contributed by atoms with E-state index in [9.17, 15) is 9.70 Å². The molecular weight excluding hydrogens is 462 g/mol. The van der Waals surface area contributed by atoms with Crippen LogP contribution in [-0.2, 0) is 11.2 Å². The maximum Gasteiger partial charge on any atom is 0.310 e. The lowest BCUT2D eigenvalue weighted by molar-refractivity contribution is -0.138. The summed E-state index contributed by atoms with van der Waals surface area (Å²) in [5.74, 6) is 0.804. The van der Waals surface area contributed by atoms with Crippen LogP contribution in [0.5, 0.6) is 11.5 Å². The second kappa shape index (κ2) is 13.5. The Kier molecular flexibility index (Phi) is 11.0. The van der Waals surface area contributed by atoms with Crippen LogP contribution in [-0.4, -0.2) is 30.5 Å². The Labute approximate surface area is 205 Å². The molecule has 0 aromatic heterocycles. The minimum atomic E-state index is -0.872. The molecule has 2 atom stereocenters. The van der Waals surface area contributed by atoms with E-state index in [4.69, 9.17) is 26.2 Å². The van der Waals surface area contributed by atoms with Gasteiger partial charge >= 0.3 is 5.97 Å². The molecule has 2 rings (SSSR count). The average Bonchev–Trinajstić information content (AvgIpc) is 2.81. The number of nitrogens with zero attached hydrogens (tertiary/aromatic N) is 1. The van der Waals surface area contributed by atoms with Gasteiger partial charge in [0, 0.05) is 21.8 Å². The summed E-state index contributed by atoms with van der Waals surface area (Å²) in [6.45, 7) is 6.19. The molecule has 1 N–H and O–H groups in total. The van der Waals surface area contributed by atoms with Crippen molar-refractivity contribution in [1.29, 1.82) is 0 Å². The van der Waals surface area contributed by atoms with E-state index >= 15 is 0 Å². The highest BCUT2D eigenvalue weighted by atomic mass is 35.5. The Balaban J connectivity index is 2.00. The van der Waals surface area contributed by atoms with Crippen LogP contribution in [0.2, 0.25) is 5.02 Å². The predicted molar refractivity (Wildman–Crippen MR) is 134 cm³/mol. The van der Waals surface area contributed by atoms with Crippen molar-refractivity contribution in [2.24, 2.45) is 5.18 Å². The molecule has 0 aliphatic rings. The molecule has 0 saturated carbocycles. The van der Waals surface area contributed by atoms with E-state index in [2.05, 4.69) is 12.1 Å². The Hall–Kier alpha value is -2.25. The summed E-state index contributed by atoms with van der Waals surface area (Å²) in [4.78, 5) is 23.3. The molecule has 0 spiro atoms. The first kappa shape index (κ1) is 27.0. The van der Waals surface area contributed by atoms with E-state index in [0.717, 1.165) is 46.8 Å². The normalized spacial score (nSPS) is 12.8. The van der Waals surface area contributed by atoms with Gasteiger partial charge in [-0.1, -0.05) is 43.1 Å². The maximum absolute atomic E-state index is 11.3. The maximum atomic E-state index is 11.3. The summed E-state index contributed by atoms with van der Waals surface area (Å²) in [6, 6.07) is 8.75. The van der Waals surface area contributed by atoms with Crippen LogP contribution in [0.1, 0.15) is 68.7 Å². The van der Waals surface area contributed by atoms with Crippen LogP contribution in [0, 0.1) is 4.91 Å². The minimum absolute atomic E-state index is 0.435. The summed E-state index contributed by atoms with van der Waals surface area (Å²) >= 11 is 7.97. The molecule has 6 nitrogen and oxygen atoms in total. The fourth-order valence-electron chi connectivity index (χ4n) is 3.57. The zero-order valence-electron chi connectivity index (χ0n) is 19.6. The number of halogens is 1. The van der Waals surface area contributed by atoms with Gasteiger partial charge in [-0.05, 0) is 56.0 Å². The Morgan fingerprint density at radius 1 is 1.24 bits per heavy atom. The fraction of sp³-hybridized carbons (Fsp3) is 0.480. The summed E-state index contributed by atoms with van der Waals surface area (Å²) in [5, 5.41) is 13.0. The first-order chi connectivity index (χ1) is 15.9. The van der Waals surface area contributed by atoms with Crippen molar-refractivity contribution in [2.45, 2.75) is 63.3 Å². The van der Waals surface area contributed by atoms with E-state index in [1.54, 1.807) is 31.9 Å². The van der Waals surface area contributed by atoms with E-state index in [1.165, 1.54) is 0 Å². The molecule has 0 aliphatic heterocycles. The molecule has 0 radical (unpaired) electrons. The van der Waals surface area contributed by atoms with Crippen molar-refractivity contribution < 1.29 is 19.4 Å². The van der Waals surface area contributed by atoms with E-state index in [1.807, 2.05) is 31.2 Å². The third-order valence-electron chi connectivity index (χ3n) is 5.46. The summed E-state index contributed by atoms with van der Waals surface area (Å²) in [6.07, 6.45) is 3.12. The molecule has 2 aromatic rings. The molecule has 0 bridgehead atoms. The molecule has 0 saturated heterocycles. The first-order valence-electron chi connectivity index (χ1n) is 11.2. The topological polar surface area (TPSA) is 85.2 Å². The molecule has 0 amide bonds. The Morgan fingerprint density at radius 2 is 2.00 bits per heavy atom.